The molecule has 1 heterocycles. The molecule has 1 atom stereocenters. The lowest BCUT2D eigenvalue weighted by atomic mass is 9.96. The molecular formula is C15H19FN4O4. The van der Waals surface area contributed by atoms with Crippen LogP contribution in [0.3, 0.4) is 0 Å². The van der Waals surface area contributed by atoms with Crippen molar-refractivity contribution >= 4 is 17.5 Å². The van der Waals surface area contributed by atoms with E-state index < -0.39 is 22.3 Å². The number of nitrogens with zero attached hydrogens (tertiary/aromatic N) is 2. The number of hydrogen-bond donors (Lipinski definition) is 2. The predicted octanol–water partition coefficient (Wildman–Crippen LogP) is 0.661. The number of nitro groups is 1. The third kappa shape index (κ3) is 4.25. The molecule has 0 saturated carbocycles. The van der Waals surface area contributed by atoms with Crippen LogP contribution < -0.4 is 11.1 Å². The van der Waals surface area contributed by atoms with Gasteiger partial charge in [0.1, 0.15) is 5.82 Å². The Morgan fingerprint density at radius 3 is 2.83 bits per heavy atom. The highest BCUT2D eigenvalue weighted by atomic mass is 19.1. The van der Waals surface area contributed by atoms with Gasteiger partial charge < -0.3 is 16.0 Å². The molecule has 1 fully saturated rings. The highest BCUT2D eigenvalue weighted by Crippen LogP contribution is 2.22. The largest absolute Gasteiger partial charge is 0.355 e. The van der Waals surface area contributed by atoms with Crippen molar-refractivity contribution in [3.05, 3.63) is 39.7 Å². The van der Waals surface area contributed by atoms with Gasteiger partial charge in [-0.1, -0.05) is 0 Å². The van der Waals surface area contributed by atoms with Gasteiger partial charge in [-0.25, -0.2) is 4.39 Å². The minimum Gasteiger partial charge on any atom is -0.355 e. The van der Waals surface area contributed by atoms with Gasteiger partial charge in [-0.15, -0.1) is 0 Å². The van der Waals surface area contributed by atoms with E-state index in [0.29, 0.717) is 32.5 Å². The molecule has 130 valence electrons. The van der Waals surface area contributed by atoms with Gasteiger partial charge in [-0.3, -0.25) is 19.7 Å². The smallest absolute Gasteiger partial charge is 0.273 e. The lowest BCUT2D eigenvalue weighted by molar-refractivity contribution is -0.385. The number of non-ortho nitro benzene ring substituents is 1. The molecule has 2 amide bonds. The van der Waals surface area contributed by atoms with Gasteiger partial charge in [0.25, 0.3) is 11.6 Å². The normalized spacial score (nSPS) is 17.4. The molecule has 2 rings (SSSR count). The number of benzene rings is 1. The number of carbonyl (C=O) groups is 2. The van der Waals surface area contributed by atoms with E-state index in [1.807, 2.05) is 0 Å². The van der Waals surface area contributed by atoms with Crippen LogP contribution in [0.4, 0.5) is 10.1 Å². The number of rotatable bonds is 5. The molecule has 24 heavy (non-hydrogen) atoms. The second kappa shape index (κ2) is 7.82. The monoisotopic (exact) mass is 338 g/mol. The van der Waals surface area contributed by atoms with Crippen LogP contribution in [0.15, 0.2) is 18.2 Å². The molecule has 1 saturated heterocycles. The molecule has 0 bridgehead atoms. The molecule has 0 aromatic heterocycles. The number of nitrogens with two attached hydrogens (primary N) is 1. The molecule has 1 aromatic carbocycles. The number of likely N-dealkylation sites (tertiary alicyclic amines) is 1. The van der Waals surface area contributed by atoms with Gasteiger partial charge >= 0.3 is 0 Å². The van der Waals surface area contributed by atoms with E-state index >= 15 is 0 Å². The summed E-state index contributed by atoms with van der Waals surface area (Å²) in [5.74, 6) is -1.91. The fourth-order valence-corrected chi connectivity index (χ4v) is 2.70. The second-order valence-electron chi connectivity index (χ2n) is 5.63. The zero-order chi connectivity index (χ0) is 17.7. The van der Waals surface area contributed by atoms with E-state index in [9.17, 15) is 24.1 Å². The summed E-state index contributed by atoms with van der Waals surface area (Å²) in [7, 11) is 0. The average molecular weight is 338 g/mol. The van der Waals surface area contributed by atoms with Crippen LogP contribution in [0, 0.1) is 21.8 Å². The van der Waals surface area contributed by atoms with Gasteiger partial charge in [0.2, 0.25) is 5.91 Å². The Labute approximate surface area is 138 Å². The maximum absolute atomic E-state index is 13.5. The molecule has 1 aliphatic rings. The molecule has 0 radical (unpaired) electrons. The quantitative estimate of drug-likeness (QED) is 0.604. The molecule has 0 aliphatic carbocycles. The Kier molecular flexibility index (Phi) is 5.80. The summed E-state index contributed by atoms with van der Waals surface area (Å²) < 4.78 is 13.5. The zero-order valence-corrected chi connectivity index (χ0v) is 13.0. The highest BCUT2D eigenvalue weighted by Gasteiger charge is 2.29. The fraction of sp³-hybridized carbons (Fsp3) is 0.467. The van der Waals surface area contributed by atoms with Crippen LogP contribution in [-0.4, -0.2) is 47.8 Å². The minimum atomic E-state index is -0.846. The van der Waals surface area contributed by atoms with Gasteiger partial charge in [0.05, 0.1) is 16.9 Å². The third-order valence-corrected chi connectivity index (χ3v) is 3.86. The van der Waals surface area contributed by atoms with Gasteiger partial charge in [-0.05, 0) is 18.9 Å². The first-order chi connectivity index (χ1) is 11.4. The van der Waals surface area contributed by atoms with Crippen LogP contribution in [0.25, 0.3) is 0 Å². The Morgan fingerprint density at radius 2 is 2.17 bits per heavy atom. The van der Waals surface area contributed by atoms with Crippen LogP contribution in [0.2, 0.25) is 0 Å². The standard InChI is InChI=1S/C15H19FN4O4/c16-12-6-11(7-13(8-12)20(23)24)15(22)19-5-1-2-10(9-19)14(21)18-4-3-17/h6-8,10H,1-5,9,17H2,(H,18,21). The number of halogens is 1. The van der Waals surface area contributed by atoms with E-state index in [2.05, 4.69) is 5.32 Å². The molecular weight excluding hydrogens is 319 g/mol. The number of nitrogens with one attached hydrogen (secondary N) is 1. The molecule has 0 spiro atoms. The first-order valence-corrected chi connectivity index (χ1v) is 7.64. The van der Waals surface area contributed by atoms with Crippen LogP contribution in [0.1, 0.15) is 23.2 Å². The van der Waals surface area contributed by atoms with E-state index in [4.69, 9.17) is 5.73 Å². The van der Waals surface area contributed by atoms with Gasteiger partial charge in [0, 0.05) is 37.8 Å². The summed E-state index contributed by atoms with van der Waals surface area (Å²) >= 11 is 0. The highest BCUT2D eigenvalue weighted by molar-refractivity contribution is 5.95. The molecule has 1 aliphatic heterocycles. The molecule has 1 unspecified atom stereocenters. The fourth-order valence-electron chi connectivity index (χ4n) is 2.70. The van der Waals surface area contributed by atoms with Gasteiger partial charge in [-0.2, -0.15) is 0 Å². The van der Waals surface area contributed by atoms with Crippen molar-refractivity contribution < 1.29 is 18.9 Å². The van der Waals surface area contributed by atoms with Crippen molar-refractivity contribution in [2.75, 3.05) is 26.2 Å². The Morgan fingerprint density at radius 1 is 1.42 bits per heavy atom. The van der Waals surface area contributed by atoms with E-state index in [1.165, 1.54) is 4.90 Å². The summed E-state index contributed by atoms with van der Waals surface area (Å²) in [6, 6.07) is 2.77. The molecule has 9 heteroatoms. The number of piperidine rings is 1. The Balaban J connectivity index is 2.12. The Bertz CT molecular complexity index is 652. The zero-order valence-electron chi connectivity index (χ0n) is 13.0. The first kappa shape index (κ1) is 17.8. The molecule has 3 N–H and O–H groups in total. The summed E-state index contributed by atoms with van der Waals surface area (Å²) in [6.07, 6.45) is 1.27. The van der Waals surface area contributed by atoms with E-state index in [1.54, 1.807) is 0 Å². The van der Waals surface area contributed by atoms with Crippen molar-refractivity contribution in [3.8, 4) is 0 Å². The van der Waals surface area contributed by atoms with Crippen molar-refractivity contribution in [1.29, 1.82) is 0 Å². The number of carbonyl (C=O) groups excluding carboxylic acids is 2. The molecule has 1 aromatic rings. The number of amides is 2. The maximum Gasteiger partial charge on any atom is 0.273 e. The summed E-state index contributed by atoms with van der Waals surface area (Å²) in [5, 5.41) is 13.5. The van der Waals surface area contributed by atoms with Crippen LogP contribution in [0.5, 0.6) is 0 Å². The van der Waals surface area contributed by atoms with Crippen molar-refractivity contribution in [1.82, 2.24) is 10.2 Å². The SMILES string of the molecule is NCCNC(=O)C1CCCN(C(=O)c2cc(F)cc([N+](=O)[O-])c2)C1. The average Bonchev–Trinajstić information content (AvgIpc) is 2.58. The van der Waals surface area contributed by atoms with Crippen LogP contribution in [-0.2, 0) is 4.79 Å². The lowest BCUT2D eigenvalue weighted by Gasteiger charge is -2.32. The lowest BCUT2D eigenvalue weighted by Crippen LogP contribution is -2.46. The van der Waals surface area contributed by atoms with Crippen molar-refractivity contribution in [2.45, 2.75) is 12.8 Å². The second-order valence-corrected chi connectivity index (χ2v) is 5.63. The summed E-state index contributed by atoms with van der Waals surface area (Å²) in [4.78, 5) is 36.0. The number of hydrogen-bond acceptors (Lipinski definition) is 5. The third-order valence-electron chi connectivity index (χ3n) is 3.86. The van der Waals surface area contributed by atoms with Crippen molar-refractivity contribution in [2.24, 2.45) is 11.7 Å². The minimum absolute atomic E-state index is 0.0929. The topological polar surface area (TPSA) is 119 Å². The van der Waals surface area contributed by atoms with Gasteiger partial charge in [0.15, 0.2) is 0 Å². The summed E-state index contributed by atoms with van der Waals surface area (Å²) in [6.45, 7) is 1.30. The molecule has 8 nitrogen and oxygen atoms in total. The first-order valence-electron chi connectivity index (χ1n) is 7.64. The van der Waals surface area contributed by atoms with E-state index in [-0.39, 0.29) is 23.9 Å². The van der Waals surface area contributed by atoms with Crippen molar-refractivity contribution in [3.63, 3.8) is 0 Å². The maximum atomic E-state index is 13.5. The van der Waals surface area contributed by atoms with E-state index in [0.717, 1.165) is 18.2 Å². The number of nitro benzene ring substituents is 1. The van der Waals surface area contributed by atoms with Crippen LogP contribution >= 0.6 is 0 Å². The Hall–Kier alpha value is -2.55. The summed E-state index contributed by atoms with van der Waals surface area (Å²) in [5.41, 5.74) is 4.77. The predicted molar refractivity (Wildman–Crippen MR) is 83.7 cm³/mol.